The fourth-order valence-electron chi connectivity index (χ4n) is 0.941. The molecule has 21 heteroatoms. The molecule has 0 aliphatic heterocycles. The van der Waals surface area contributed by atoms with Crippen molar-refractivity contribution in [2.45, 2.75) is 6.61 Å². The van der Waals surface area contributed by atoms with Crippen molar-refractivity contribution in [3.63, 3.8) is 0 Å². The standard InChI is InChI=1S/C8H8ClNO3.3BF4.Na.H/c1-13-5-6-4-7(10(11)12)2-3-8(6)9;3*2-1(3,4)5;;/h2-4H,5H2,1H3;;;;;/q;3*-1;;. The van der Waals surface area contributed by atoms with E-state index in [4.69, 9.17) is 16.3 Å². The molecule has 0 aliphatic carbocycles. The van der Waals surface area contributed by atoms with Crippen LogP contribution >= 0.6 is 11.6 Å². The molecule has 0 radical (unpaired) electrons. The van der Waals surface area contributed by atoms with Crippen LogP contribution in [0.25, 0.3) is 0 Å². The predicted molar refractivity (Wildman–Crippen MR) is 86.5 cm³/mol. The van der Waals surface area contributed by atoms with E-state index in [2.05, 4.69) is 0 Å². The number of halogens is 13. The van der Waals surface area contributed by atoms with E-state index in [1.54, 1.807) is 0 Å². The monoisotopic (exact) mass is 486 g/mol. The fraction of sp³-hybridized carbons (Fsp3) is 0.250. The van der Waals surface area contributed by atoms with Crippen LogP contribution in [0, 0.1) is 10.1 Å². The van der Waals surface area contributed by atoms with Crippen molar-refractivity contribution in [2.24, 2.45) is 0 Å². The molecule has 0 aliphatic rings. The first-order chi connectivity index (χ1) is 12.1. The Morgan fingerprint density at radius 3 is 1.45 bits per heavy atom. The molecule has 168 valence electrons. The number of hydrogen-bond donors (Lipinski definition) is 0. The molecule has 0 bridgehead atoms. The van der Waals surface area contributed by atoms with Crippen molar-refractivity contribution in [3.8, 4) is 0 Å². The molecule has 4 nitrogen and oxygen atoms in total. The van der Waals surface area contributed by atoms with Gasteiger partial charge in [-0.2, -0.15) is 0 Å². The van der Waals surface area contributed by atoms with Crippen LogP contribution in [-0.4, -0.2) is 63.4 Å². The maximum atomic E-state index is 10.4. The van der Waals surface area contributed by atoms with Gasteiger partial charge in [0.25, 0.3) is 5.69 Å². The maximum absolute atomic E-state index is 10.4. The van der Waals surface area contributed by atoms with Crippen molar-refractivity contribution < 1.29 is 61.4 Å². The number of nitrogens with zero attached hydrogens (tertiary/aromatic N) is 1. The van der Waals surface area contributed by atoms with Gasteiger partial charge in [-0.1, -0.05) is 11.6 Å². The van der Waals surface area contributed by atoms with E-state index in [0.29, 0.717) is 10.6 Å². The summed E-state index contributed by atoms with van der Waals surface area (Å²) in [6.45, 7) is 0.278. The van der Waals surface area contributed by atoms with Gasteiger partial charge in [0.1, 0.15) is 0 Å². The van der Waals surface area contributed by atoms with E-state index in [1.165, 1.54) is 25.3 Å². The number of hydrogen-bond acceptors (Lipinski definition) is 3. The molecule has 1 aromatic carbocycles. The van der Waals surface area contributed by atoms with Crippen LogP contribution < -0.4 is 0 Å². The summed E-state index contributed by atoms with van der Waals surface area (Å²) < 4.78 is 122. The predicted octanol–water partition coefficient (Wildman–Crippen LogP) is 5.65. The Labute approximate surface area is 182 Å². The van der Waals surface area contributed by atoms with Crippen molar-refractivity contribution in [1.29, 1.82) is 0 Å². The first kappa shape index (κ1) is 35.6. The van der Waals surface area contributed by atoms with Crippen LogP contribution in [0.3, 0.4) is 0 Å². The van der Waals surface area contributed by atoms with Gasteiger partial charge in [-0.15, -0.1) is 0 Å². The van der Waals surface area contributed by atoms with Gasteiger partial charge in [-0.25, -0.2) is 0 Å². The molecule has 1 aromatic rings. The molecule has 0 amide bonds. The van der Waals surface area contributed by atoms with Gasteiger partial charge in [0, 0.05) is 29.8 Å². The fourth-order valence-corrected chi connectivity index (χ4v) is 1.11. The molecule has 0 fully saturated rings. The molecule has 0 heterocycles. The Morgan fingerprint density at radius 2 is 1.21 bits per heavy atom. The van der Waals surface area contributed by atoms with Gasteiger partial charge in [-0.3, -0.25) is 10.1 Å². The molecule has 0 atom stereocenters. The third kappa shape index (κ3) is 46.9. The molecule has 1 rings (SSSR count). The van der Waals surface area contributed by atoms with Crippen molar-refractivity contribution in [2.75, 3.05) is 7.11 Å². The second kappa shape index (κ2) is 16.0. The summed E-state index contributed by atoms with van der Waals surface area (Å²) in [7, 11) is -16.5. The van der Waals surface area contributed by atoms with Crippen molar-refractivity contribution >= 4 is 68.6 Å². The van der Waals surface area contributed by atoms with E-state index in [-0.39, 0.29) is 41.9 Å². The SMILES string of the molecule is COCc1cc([N+](=O)[O-])ccc1Cl.F[B-](F)(F)F.F[B-](F)(F)F.F[B-](F)(F)F.[NaH]. The van der Waals surface area contributed by atoms with Crippen LogP contribution in [0.1, 0.15) is 5.56 Å². The molecule has 0 saturated carbocycles. The second-order valence-electron chi connectivity index (χ2n) is 3.95. The number of nitro groups is 1. The topological polar surface area (TPSA) is 52.4 Å². The summed E-state index contributed by atoms with van der Waals surface area (Å²) in [6.07, 6.45) is 0. The van der Waals surface area contributed by atoms with Crippen LogP contribution in [0.5, 0.6) is 0 Å². The summed E-state index contributed by atoms with van der Waals surface area (Å²) in [5.74, 6) is 0. The van der Waals surface area contributed by atoms with Crippen LogP contribution in [-0.2, 0) is 11.3 Å². The summed E-state index contributed by atoms with van der Waals surface area (Å²) >= 11 is 5.78. The summed E-state index contributed by atoms with van der Waals surface area (Å²) in [6, 6.07) is 4.27. The first-order valence-electron chi connectivity index (χ1n) is 6.18. The molecule has 0 N–H and O–H groups in total. The van der Waals surface area contributed by atoms with Gasteiger partial charge in [0.15, 0.2) is 0 Å². The van der Waals surface area contributed by atoms with E-state index in [9.17, 15) is 61.9 Å². The van der Waals surface area contributed by atoms with Gasteiger partial charge in [0.2, 0.25) is 0 Å². The quantitative estimate of drug-likeness (QED) is 0.241. The summed E-state index contributed by atoms with van der Waals surface area (Å²) in [5.41, 5.74) is 0.648. The zero-order valence-corrected chi connectivity index (χ0v) is 14.0. The minimum absolute atomic E-state index is 0. The number of rotatable bonds is 3. The second-order valence-corrected chi connectivity index (χ2v) is 4.36. The molecule has 29 heavy (non-hydrogen) atoms. The van der Waals surface area contributed by atoms with Gasteiger partial charge in [0.05, 0.1) is 11.5 Å². The molecule has 0 aromatic heterocycles. The molecule has 0 spiro atoms. The number of nitro benzene ring substituents is 1. The Hall–Kier alpha value is -0.775. The summed E-state index contributed by atoms with van der Waals surface area (Å²) in [5, 5.41) is 10.9. The first-order valence-corrected chi connectivity index (χ1v) is 6.56. The third-order valence-corrected chi connectivity index (χ3v) is 1.91. The van der Waals surface area contributed by atoms with Gasteiger partial charge < -0.3 is 56.5 Å². The molecular formula is C8H9B3ClF12NNaO3-3. The molecule has 0 unspecified atom stereocenters. The number of non-ortho nitro benzene ring substituents is 1. The van der Waals surface area contributed by atoms with E-state index >= 15 is 0 Å². The Balaban J connectivity index is -0.000000164. The Kier molecular flexibility index (Phi) is 19.6. The van der Waals surface area contributed by atoms with Crippen LogP contribution in [0.15, 0.2) is 18.2 Å². The average molecular weight is 486 g/mol. The van der Waals surface area contributed by atoms with Crippen molar-refractivity contribution in [1.82, 2.24) is 0 Å². The number of ether oxygens (including phenoxy) is 1. The zero-order valence-electron chi connectivity index (χ0n) is 13.3. The number of benzene rings is 1. The van der Waals surface area contributed by atoms with E-state index in [1.807, 2.05) is 0 Å². The van der Waals surface area contributed by atoms with Crippen LogP contribution in [0.2, 0.25) is 5.02 Å². The van der Waals surface area contributed by atoms with Gasteiger partial charge in [-0.05, 0) is 6.07 Å². The summed E-state index contributed by atoms with van der Waals surface area (Å²) in [4.78, 5) is 9.93. The minimum atomic E-state index is -6.00. The van der Waals surface area contributed by atoms with Crippen LogP contribution in [0.4, 0.5) is 57.5 Å². The van der Waals surface area contributed by atoms with E-state index < -0.39 is 26.7 Å². The normalized spacial score (nSPS) is 10.7. The zero-order chi connectivity index (χ0) is 23.3. The van der Waals surface area contributed by atoms with E-state index in [0.717, 1.165) is 0 Å². The molecular weight excluding hydrogens is 477 g/mol. The number of methoxy groups -OCH3 is 1. The molecule has 0 saturated heterocycles. The van der Waals surface area contributed by atoms with Crippen molar-refractivity contribution in [3.05, 3.63) is 38.9 Å². The van der Waals surface area contributed by atoms with Gasteiger partial charge >= 0.3 is 51.3 Å². The Morgan fingerprint density at radius 1 is 0.897 bits per heavy atom. The Bertz CT molecular complexity index is 542. The third-order valence-electron chi connectivity index (χ3n) is 1.54. The average Bonchev–Trinajstić information content (AvgIpc) is 2.35.